The highest BCUT2D eigenvalue weighted by Gasteiger charge is 2.07. The van der Waals surface area contributed by atoms with Gasteiger partial charge in [0.2, 0.25) is 0 Å². The first kappa shape index (κ1) is 14.4. The van der Waals surface area contributed by atoms with Gasteiger partial charge < -0.3 is 10.2 Å². The van der Waals surface area contributed by atoms with E-state index in [1.54, 1.807) is 0 Å². The van der Waals surface area contributed by atoms with Gasteiger partial charge in [-0.3, -0.25) is 0 Å². The van der Waals surface area contributed by atoms with Crippen LogP contribution in [0.2, 0.25) is 0 Å². The van der Waals surface area contributed by atoms with Crippen molar-refractivity contribution in [3.63, 3.8) is 0 Å². The normalized spacial score (nSPS) is 11.9. The zero-order valence-electron chi connectivity index (χ0n) is 12.6. The molecule has 0 heterocycles. The van der Waals surface area contributed by atoms with E-state index in [4.69, 9.17) is 0 Å². The number of nitrogens with one attached hydrogen (secondary N) is 1. The van der Waals surface area contributed by atoms with Crippen LogP contribution < -0.4 is 10.2 Å². The zero-order chi connectivity index (χ0) is 14.4. The second-order valence-corrected chi connectivity index (χ2v) is 5.48. The summed E-state index contributed by atoms with van der Waals surface area (Å²) in [6, 6.07) is 19.6. The van der Waals surface area contributed by atoms with Crippen LogP contribution in [-0.4, -0.2) is 20.1 Å². The molecule has 0 aliphatic heterocycles. The Labute approximate surface area is 122 Å². The van der Waals surface area contributed by atoms with Crippen molar-refractivity contribution in [1.82, 2.24) is 0 Å². The molecule has 0 bridgehead atoms. The summed E-state index contributed by atoms with van der Waals surface area (Å²) in [4.78, 5) is 2.15. The molecule has 0 aliphatic carbocycles. The van der Waals surface area contributed by atoms with E-state index in [0.717, 1.165) is 12.8 Å². The molecule has 1 unspecified atom stereocenters. The predicted octanol–water partition coefficient (Wildman–Crippen LogP) is 4.19. The summed E-state index contributed by atoms with van der Waals surface area (Å²) >= 11 is 0. The smallest absolute Gasteiger partial charge is 0.0596 e. The zero-order valence-corrected chi connectivity index (χ0v) is 12.6. The summed E-state index contributed by atoms with van der Waals surface area (Å²) < 4.78 is 0. The van der Waals surface area contributed by atoms with E-state index in [1.165, 1.54) is 16.9 Å². The van der Waals surface area contributed by atoms with Gasteiger partial charge in [0.15, 0.2) is 0 Å². The number of nitrogens with zero attached hydrogens (tertiary/aromatic N) is 1. The lowest BCUT2D eigenvalue weighted by Crippen LogP contribution is -2.19. The minimum atomic E-state index is 0.455. The summed E-state index contributed by atoms with van der Waals surface area (Å²) in [5, 5.41) is 3.62. The first-order valence-electron chi connectivity index (χ1n) is 7.23. The molecule has 0 saturated carbocycles. The maximum absolute atomic E-state index is 3.62. The van der Waals surface area contributed by atoms with Gasteiger partial charge in [-0.25, -0.2) is 0 Å². The van der Waals surface area contributed by atoms with E-state index in [1.807, 2.05) is 0 Å². The van der Waals surface area contributed by atoms with Crippen molar-refractivity contribution < 1.29 is 0 Å². The van der Waals surface area contributed by atoms with Crippen LogP contribution in [0.3, 0.4) is 0 Å². The van der Waals surface area contributed by atoms with E-state index < -0.39 is 0 Å². The number of anilines is 2. The third kappa shape index (κ3) is 4.02. The Morgan fingerprint density at radius 3 is 2.30 bits per heavy atom. The van der Waals surface area contributed by atoms with Gasteiger partial charge in [-0.05, 0) is 37.5 Å². The number of hydrogen-bond donors (Lipinski definition) is 1. The fraction of sp³-hybridized carbons (Fsp3) is 0.333. The molecular weight excluding hydrogens is 244 g/mol. The van der Waals surface area contributed by atoms with Gasteiger partial charge in [0.1, 0.15) is 0 Å². The van der Waals surface area contributed by atoms with Crippen LogP contribution in [0.4, 0.5) is 11.4 Å². The Morgan fingerprint density at radius 2 is 1.60 bits per heavy atom. The van der Waals surface area contributed by atoms with Gasteiger partial charge in [-0.15, -0.1) is 0 Å². The molecule has 0 fully saturated rings. The van der Waals surface area contributed by atoms with Crippen molar-refractivity contribution in [3.8, 4) is 0 Å². The highest BCUT2D eigenvalue weighted by atomic mass is 15.1. The summed E-state index contributed by atoms with van der Waals surface area (Å²) in [7, 11) is 4.16. The molecule has 2 rings (SSSR count). The summed E-state index contributed by atoms with van der Waals surface area (Å²) in [6.45, 7) is 2.25. The fourth-order valence-electron chi connectivity index (χ4n) is 2.35. The fourth-order valence-corrected chi connectivity index (χ4v) is 2.35. The van der Waals surface area contributed by atoms with Gasteiger partial charge in [-0.2, -0.15) is 0 Å². The van der Waals surface area contributed by atoms with Crippen LogP contribution >= 0.6 is 0 Å². The van der Waals surface area contributed by atoms with Gasteiger partial charge in [0.25, 0.3) is 0 Å². The first-order valence-corrected chi connectivity index (χ1v) is 7.23. The minimum absolute atomic E-state index is 0.455. The van der Waals surface area contributed by atoms with Crippen molar-refractivity contribution in [2.24, 2.45) is 0 Å². The van der Waals surface area contributed by atoms with Gasteiger partial charge in [-0.1, -0.05) is 42.5 Å². The van der Waals surface area contributed by atoms with Crippen LogP contribution in [0.15, 0.2) is 54.6 Å². The van der Waals surface area contributed by atoms with Gasteiger partial charge in [0.05, 0.1) is 11.4 Å². The number of para-hydroxylation sites is 2. The van der Waals surface area contributed by atoms with Crippen molar-refractivity contribution in [2.45, 2.75) is 25.8 Å². The molecule has 2 heteroatoms. The van der Waals surface area contributed by atoms with Crippen molar-refractivity contribution in [2.75, 3.05) is 24.3 Å². The van der Waals surface area contributed by atoms with E-state index in [9.17, 15) is 0 Å². The lowest BCUT2D eigenvalue weighted by Gasteiger charge is -2.22. The minimum Gasteiger partial charge on any atom is -0.381 e. The molecule has 0 spiro atoms. The lowest BCUT2D eigenvalue weighted by molar-refractivity contribution is 0.706. The Kier molecular flexibility index (Phi) is 5.05. The van der Waals surface area contributed by atoms with Crippen molar-refractivity contribution >= 4 is 11.4 Å². The van der Waals surface area contributed by atoms with E-state index >= 15 is 0 Å². The standard InChI is InChI=1S/C18H24N2/c1-15(13-14-16-9-5-4-6-10-16)19-17-11-7-8-12-18(17)20(2)3/h4-12,15,19H,13-14H2,1-3H3. The summed E-state index contributed by atoms with van der Waals surface area (Å²) in [5.74, 6) is 0. The second-order valence-electron chi connectivity index (χ2n) is 5.48. The highest BCUT2D eigenvalue weighted by Crippen LogP contribution is 2.24. The van der Waals surface area contributed by atoms with Crippen LogP contribution in [0.25, 0.3) is 0 Å². The van der Waals surface area contributed by atoms with Crippen LogP contribution in [0, 0.1) is 0 Å². The number of rotatable bonds is 6. The highest BCUT2D eigenvalue weighted by molar-refractivity contribution is 5.69. The topological polar surface area (TPSA) is 15.3 Å². The average molecular weight is 268 g/mol. The SMILES string of the molecule is CC(CCc1ccccc1)Nc1ccccc1N(C)C. The summed E-state index contributed by atoms with van der Waals surface area (Å²) in [5.41, 5.74) is 3.85. The maximum Gasteiger partial charge on any atom is 0.0596 e. The molecule has 0 amide bonds. The maximum atomic E-state index is 3.62. The number of hydrogen-bond acceptors (Lipinski definition) is 2. The molecule has 0 radical (unpaired) electrons. The quantitative estimate of drug-likeness (QED) is 0.845. The van der Waals surface area contributed by atoms with Crippen LogP contribution in [0.1, 0.15) is 18.9 Å². The Morgan fingerprint density at radius 1 is 0.950 bits per heavy atom. The summed E-state index contributed by atoms with van der Waals surface area (Å²) in [6.07, 6.45) is 2.24. The van der Waals surface area contributed by atoms with Gasteiger partial charge in [0, 0.05) is 20.1 Å². The third-order valence-electron chi connectivity index (χ3n) is 3.50. The molecule has 106 valence electrons. The number of aryl methyl sites for hydroxylation is 1. The van der Waals surface area contributed by atoms with Crippen molar-refractivity contribution in [1.29, 1.82) is 0 Å². The molecule has 20 heavy (non-hydrogen) atoms. The molecule has 1 N–H and O–H groups in total. The van der Waals surface area contributed by atoms with Gasteiger partial charge >= 0.3 is 0 Å². The number of benzene rings is 2. The van der Waals surface area contributed by atoms with Crippen molar-refractivity contribution in [3.05, 3.63) is 60.2 Å². The molecular formula is C18H24N2. The van der Waals surface area contributed by atoms with E-state index in [-0.39, 0.29) is 0 Å². The lowest BCUT2D eigenvalue weighted by atomic mass is 10.1. The average Bonchev–Trinajstić information content (AvgIpc) is 2.46. The molecule has 0 aliphatic rings. The Balaban J connectivity index is 1.93. The van der Waals surface area contributed by atoms with E-state index in [2.05, 4.69) is 85.8 Å². The monoisotopic (exact) mass is 268 g/mol. The first-order chi connectivity index (χ1) is 9.66. The molecule has 2 aromatic carbocycles. The Bertz CT molecular complexity index is 520. The van der Waals surface area contributed by atoms with Crippen LogP contribution in [0.5, 0.6) is 0 Å². The van der Waals surface area contributed by atoms with Crippen LogP contribution in [-0.2, 0) is 6.42 Å². The third-order valence-corrected chi connectivity index (χ3v) is 3.50. The molecule has 1 atom stereocenters. The second kappa shape index (κ2) is 6.99. The molecule has 2 aromatic rings. The molecule has 0 saturated heterocycles. The van der Waals surface area contributed by atoms with E-state index in [0.29, 0.717) is 6.04 Å². The molecule has 0 aromatic heterocycles. The predicted molar refractivity (Wildman–Crippen MR) is 88.6 cm³/mol. The molecule has 2 nitrogen and oxygen atoms in total. The Hall–Kier alpha value is -1.96. The largest absolute Gasteiger partial charge is 0.381 e.